The molecule has 0 N–H and O–H groups in total. The van der Waals surface area contributed by atoms with E-state index in [1.807, 2.05) is 13.0 Å². The van der Waals surface area contributed by atoms with E-state index in [9.17, 15) is 13.6 Å². The summed E-state index contributed by atoms with van der Waals surface area (Å²) in [6.07, 6.45) is 2.92. The molecule has 0 aliphatic rings. The van der Waals surface area contributed by atoms with Gasteiger partial charge in [0.25, 0.3) is 5.91 Å². The molecule has 3 rings (SSSR count). The summed E-state index contributed by atoms with van der Waals surface area (Å²) in [7, 11) is 0. The quantitative estimate of drug-likeness (QED) is 0.625. The summed E-state index contributed by atoms with van der Waals surface area (Å²) in [6.45, 7) is 3.02. The minimum Gasteiger partial charge on any atom is -0.337 e. The van der Waals surface area contributed by atoms with Crippen molar-refractivity contribution in [3.8, 4) is 5.69 Å². The van der Waals surface area contributed by atoms with Crippen molar-refractivity contribution in [1.82, 2.24) is 14.7 Å². The Balaban J connectivity index is 1.74. The highest BCUT2D eigenvalue weighted by Crippen LogP contribution is 2.14. The van der Waals surface area contributed by atoms with Crippen molar-refractivity contribution in [2.75, 3.05) is 13.1 Å². The van der Waals surface area contributed by atoms with Crippen molar-refractivity contribution in [2.45, 2.75) is 19.8 Å². The van der Waals surface area contributed by atoms with E-state index in [0.29, 0.717) is 25.2 Å². The molecule has 2 aromatic carbocycles. The lowest BCUT2D eigenvalue weighted by molar-refractivity contribution is 0.0751. The molecule has 0 aliphatic heterocycles. The van der Waals surface area contributed by atoms with Gasteiger partial charge in [-0.1, -0.05) is 31.2 Å². The fraction of sp³-hybridized carbons (Fsp3) is 0.238. The molecule has 0 bridgehead atoms. The van der Waals surface area contributed by atoms with Crippen molar-refractivity contribution >= 4 is 5.91 Å². The van der Waals surface area contributed by atoms with E-state index in [4.69, 9.17) is 0 Å². The molecule has 6 heteroatoms. The molecular formula is C21H21F2N3O. The molecule has 0 atom stereocenters. The summed E-state index contributed by atoms with van der Waals surface area (Å²) in [5.74, 6) is -0.913. The van der Waals surface area contributed by atoms with Gasteiger partial charge in [0.2, 0.25) is 0 Å². The van der Waals surface area contributed by atoms with Crippen LogP contribution in [0.25, 0.3) is 5.69 Å². The van der Waals surface area contributed by atoms with Gasteiger partial charge in [-0.3, -0.25) is 4.79 Å². The van der Waals surface area contributed by atoms with Gasteiger partial charge in [-0.05, 0) is 48.7 Å². The number of nitrogens with zero attached hydrogens (tertiary/aromatic N) is 3. The minimum absolute atomic E-state index is 0.219. The molecule has 0 radical (unpaired) electrons. The average Bonchev–Trinajstić information content (AvgIpc) is 3.15. The van der Waals surface area contributed by atoms with Crippen molar-refractivity contribution in [3.63, 3.8) is 0 Å². The number of carbonyl (C=O) groups is 1. The van der Waals surface area contributed by atoms with Crippen LogP contribution < -0.4 is 0 Å². The number of hydrogen-bond acceptors (Lipinski definition) is 2. The van der Waals surface area contributed by atoms with Gasteiger partial charge in [0, 0.05) is 19.3 Å². The lowest BCUT2D eigenvalue weighted by atomic mass is 10.1. The number of aromatic nitrogens is 2. The fourth-order valence-electron chi connectivity index (χ4n) is 2.91. The third-order valence-electron chi connectivity index (χ3n) is 4.25. The predicted octanol–water partition coefficient (Wildman–Crippen LogP) is 4.25. The van der Waals surface area contributed by atoms with E-state index in [1.165, 1.54) is 22.9 Å². The van der Waals surface area contributed by atoms with Crippen LogP contribution in [0.15, 0.2) is 60.8 Å². The highest BCUT2D eigenvalue weighted by Gasteiger charge is 2.18. The maximum atomic E-state index is 13.9. The first kappa shape index (κ1) is 18.8. The molecule has 1 heterocycles. The van der Waals surface area contributed by atoms with Gasteiger partial charge >= 0.3 is 0 Å². The Morgan fingerprint density at radius 2 is 1.89 bits per heavy atom. The van der Waals surface area contributed by atoms with Gasteiger partial charge in [-0.25, -0.2) is 13.5 Å². The van der Waals surface area contributed by atoms with Crippen LogP contribution in [0.1, 0.15) is 29.4 Å². The molecule has 0 unspecified atom stereocenters. The Morgan fingerprint density at radius 3 is 2.63 bits per heavy atom. The molecule has 0 aliphatic carbocycles. The summed E-state index contributed by atoms with van der Waals surface area (Å²) >= 11 is 0. The third kappa shape index (κ3) is 4.58. The second-order valence-electron chi connectivity index (χ2n) is 6.27. The predicted molar refractivity (Wildman–Crippen MR) is 99.8 cm³/mol. The Labute approximate surface area is 157 Å². The van der Waals surface area contributed by atoms with E-state index in [0.717, 1.165) is 12.0 Å². The van der Waals surface area contributed by atoms with Crippen LogP contribution in [-0.2, 0) is 6.42 Å². The molecule has 1 amide bonds. The molecule has 27 heavy (non-hydrogen) atoms. The molecule has 0 spiro atoms. The Kier molecular flexibility index (Phi) is 5.96. The smallest absolute Gasteiger partial charge is 0.274 e. The zero-order chi connectivity index (χ0) is 19.2. The zero-order valence-corrected chi connectivity index (χ0v) is 15.1. The molecular weight excluding hydrogens is 348 g/mol. The van der Waals surface area contributed by atoms with E-state index < -0.39 is 5.82 Å². The standard InChI is InChI=1S/C21H21F2N3O/c1-2-12-25(13-10-16-6-5-7-17(22)15-16)21(27)19-11-14-26(24-19)20-9-4-3-8-18(20)23/h3-9,11,14-15H,2,10,12-13H2,1H3. The zero-order valence-electron chi connectivity index (χ0n) is 15.1. The molecule has 0 fully saturated rings. The van der Waals surface area contributed by atoms with Crippen molar-refractivity contribution in [1.29, 1.82) is 0 Å². The number of benzene rings is 2. The third-order valence-corrected chi connectivity index (χ3v) is 4.25. The Hall–Kier alpha value is -3.02. The second-order valence-corrected chi connectivity index (χ2v) is 6.27. The number of para-hydroxylation sites is 1. The number of amides is 1. The van der Waals surface area contributed by atoms with E-state index >= 15 is 0 Å². The van der Waals surface area contributed by atoms with Gasteiger partial charge in [-0.15, -0.1) is 0 Å². The van der Waals surface area contributed by atoms with E-state index in [-0.39, 0.29) is 17.4 Å². The van der Waals surface area contributed by atoms with Crippen LogP contribution in [0.3, 0.4) is 0 Å². The highest BCUT2D eigenvalue weighted by molar-refractivity contribution is 5.92. The van der Waals surface area contributed by atoms with Crippen molar-refractivity contribution in [3.05, 3.63) is 83.7 Å². The van der Waals surface area contributed by atoms with E-state index in [1.54, 1.807) is 41.4 Å². The second kappa shape index (κ2) is 8.58. The highest BCUT2D eigenvalue weighted by atomic mass is 19.1. The summed E-state index contributed by atoms with van der Waals surface area (Å²) in [6, 6.07) is 14.2. The lowest BCUT2D eigenvalue weighted by Gasteiger charge is -2.21. The van der Waals surface area contributed by atoms with Gasteiger partial charge < -0.3 is 4.90 Å². The lowest BCUT2D eigenvalue weighted by Crippen LogP contribution is -2.34. The summed E-state index contributed by atoms with van der Waals surface area (Å²) < 4.78 is 28.6. The first-order valence-electron chi connectivity index (χ1n) is 8.92. The van der Waals surface area contributed by atoms with Crippen LogP contribution in [0, 0.1) is 11.6 Å². The molecule has 4 nitrogen and oxygen atoms in total. The SMILES string of the molecule is CCCN(CCc1cccc(F)c1)C(=O)c1ccn(-c2ccccc2F)n1. The van der Waals surface area contributed by atoms with Crippen LogP contribution in [0.2, 0.25) is 0 Å². The Morgan fingerprint density at radius 1 is 1.07 bits per heavy atom. The maximum Gasteiger partial charge on any atom is 0.274 e. The first-order chi connectivity index (χ1) is 13.1. The number of hydrogen-bond donors (Lipinski definition) is 0. The molecule has 1 aromatic heterocycles. The minimum atomic E-state index is -0.406. The number of carbonyl (C=O) groups excluding carboxylic acids is 1. The average molecular weight is 369 g/mol. The summed E-state index contributed by atoms with van der Waals surface area (Å²) in [5.41, 5.74) is 1.38. The molecule has 0 saturated heterocycles. The van der Waals surface area contributed by atoms with Crippen LogP contribution in [-0.4, -0.2) is 33.7 Å². The summed E-state index contributed by atoms with van der Waals surface area (Å²) in [5, 5.41) is 4.24. The fourth-order valence-corrected chi connectivity index (χ4v) is 2.91. The molecule has 140 valence electrons. The van der Waals surface area contributed by atoms with Crippen LogP contribution in [0.5, 0.6) is 0 Å². The van der Waals surface area contributed by atoms with Gasteiger partial charge in [0.05, 0.1) is 0 Å². The Bertz CT molecular complexity index is 923. The molecule has 3 aromatic rings. The number of rotatable bonds is 7. The first-order valence-corrected chi connectivity index (χ1v) is 8.92. The largest absolute Gasteiger partial charge is 0.337 e. The van der Waals surface area contributed by atoms with Crippen LogP contribution in [0.4, 0.5) is 8.78 Å². The van der Waals surface area contributed by atoms with Gasteiger partial charge in [0.15, 0.2) is 5.69 Å². The van der Waals surface area contributed by atoms with Gasteiger partial charge in [0.1, 0.15) is 17.3 Å². The number of halogens is 2. The van der Waals surface area contributed by atoms with Crippen LogP contribution >= 0.6 is 0 Å². The van der Waals surface area contributed by atoms with Crippen molar-refractivity contribution in [2.24, 2.45) is 0 Å². The normalized spacial score (nSPS) is 10.8. The van der Waals surface area contributed by atoms with Crippen molar-refractivity contribution < 1.29 is 13.6 Å². The topological polar surface area (TPSA) is 38.1 Å². The maximum absolute atomic E-state index is 13.9. The monoisotopic (exact) mass is 369 g/mol. The molecule has 0 saturated carbocycles. The van der Waals surface area contributed by atoms with E-state index in [2.05, 4.69) is 5.10 Å². The van der Waals surface area contributed by atoms with Gasteiger partial charge in [-0.2, -0.15) is 5.10 Å². The summed E-state index contributed by atoms with van der Waals surface area (Å²) in [4.78, 5) is 14.5.